The van der Waals surface area contributed by atoms with E-state index in [0.717, 1.165) is 21.6 Å². The summed E-state index contributed by atoms with van der Waals surface area (Å²) in [7, 11) is 1.86. The topological polar surface area (TPSA) is 885 Å². The van der Waals surface area contributed by atoms with Crippen LogP contribution < -0.4 is 152 Å². The lowest BCUT2D eigenvalue weighted by Crippen LogP contribution is -2.61. The second kappa shape index (κ2) is 61.5. The lowest BCUT2D eigenvalue weighted by molar-refractivity contribution is -0.141. The molecule has 1 aromatic carbocycles. The van der Waals surface area contributed by atoms with E-state index in [0.29, 0.717) is 5.56 Å². The fraction of sp³-hybridized carbons (Fsp3) is 0.636. The molecule has 1 heterocycles. The van der Waals surface area contributed by atoms with Gasteiger partial charge < -0.3 is 157 Å². The van der Waals surface area contributed by atoms with Crippen molar-refractivity contribution in [3.05, 3.63) is 35.9 Å². The van der Waals surface area contributed by atoms with Gasteiger partial charge in [0.2, 0.25) is 88.6 Å². The Morgan fingerprint density at radius 3 is 1.25 bits per heavy atom. The molecule has 1 saturated heterocycles. The molecule has 0 aliphatic carbocycles. The number of nitrogens with one attached hydrogen (secondary N) is 26. The second-order valence-corrected chi connectivity index (χ2v) is 34.2. The highest BCUT2D eigenvalue weighted by Crippen LogP contribution is 2.24. The third-order valence-electron chi connectivity index (χ3n) is 19.6. The van der Waals surface area contributed by atoms with Gasteiger partial charge in [0.1, 0.15) is 72.5 Å². The first-order valence-corrected chi connectivity index (χ1v) is 45.0. The van der Waals surface area contributed by atoms with Crippen molar-refractivity contribution in [2.75, 3.05) is 63.9 Å². The van der Waals surface area contributed by atoms with Gasteiger partial charge in [0.25, 0.3) is 0 Å². The largest absolute Gasteiger partial charge is 0.481 e. The highest BCUT2D eigenvalue weighted by molar-refractivity contribution is 8.76. The van der Waals surface area contributed by atoms with Gasteiger partial charge in [0, 0.05) is 57.2 Å². The van der Waals surface area contributed by atoms with E-state index >= 15 is 14.4 Å². The third-order valence-corrected chi connectivity index (χ3v) is 22.0. The molecule has 1 aromatic rings. The quantitative estimate of drug-likeness (QED) is 0.0125. The molecule has 43 N–H and O–H groups in total. The van der Waals surface area contributed by atoms with E-state index in [-0.39, 0.29) is 177 Å². The summed E-state index contributed by atoms with van der Waals surface area (Å²) in [5, 5.41) is 107. The normalized spacial score (nSPS) is 17.8. The van der Waals surface area contributed by atoms with Crippen molar-refractivity contribution in [1.82, 2.24) is 106 Å². The molecule has 0 saturated carbocycles. The predicted molar refractivity (Wildman–Crippen MR) is 487 cm³/mol. The van der Waals surface area contributed by atoms with E-state index < -0.39 is 222 Å². The number of hydrogen-bond donors (Lipinski definition) is 35. The van der Waals surface area contributed by atoms with E-state index in [1.807, 2.05) is 0 Å². The highest BCUT2D eigenvalue weighted by Gasteiger charge is 2.39. The van der Waals surface area contributed by atoms with Gasteiger partial charge in [-0.15, -0.1) is 0 Å². The molecule has 0 spiro atoms. The summed E-state index contributed by atoms with van der Waals surface area (Å²) in [6.45, 7) is 8.89. The summed E-state index contributed by atoms with van der Waals surface area (Å²) in [6, 6.07) is -11.4. The summed E-state index contributed by atoms with van der Waals surface area (Å²) >= 11 is 0. The number of hydrogen-bond acceptors (Lipinski definition) is 25. The zero-order chi connectivity index (χ0) is 97.7. The summed E-state index contributed by atoms with van der Waals surface area (Å²) in [4.78, 5) is 226. The van der Waals surface area contributed by atoms with Crippen LogP contribution in [0.1, 0.15) is 150 Å². The molecule has 0 bridgehead atoms. The van der Waals surface area contributed by atoms with Gasteiger partial charge in [-0.25, -0.2) is 0 Å². The van der Waals surface area contributed by atoms with Crippen LogP contribution in [-0.4, -0.2) is 278 Å². The van der Waals surface area contributed by atoms with Crippen molar-refractivity contribution < 1.29 is 81.8 Å². The number of carbonyl (C=O) groups is 16. The van der Waals surface area contributed by atoms with E-state index in [1.54, 1.807) is 71.9 Å². The lowest BCUT2D eigenvalue weighted by atomic mass is 9.97. The Hall–Kier alpha value is -13.0. The van der Waals surface area contributed by atoms with Crippen LogP contribution in [0.2, 0.25) is 0 Å². The lowest BCUT2D eigenvalue weighted by Gasteiger charge is -2.29. The molecule has 2 rings (SSSR count). The third kappa shape index (κ3) is 48.3. The minimum absolute atomic E-state index is 0.00737. The Bertz CT molecular complexity index is 4010. The zero-order valence-electron chi connectivity index (χ0n) is 74.1. The molecule has 1 aliphatic heterocycles. The number of aliphatic carboxylic acids is 1. The summed E-state index contributed by atoms with van der Waals surface area (Å²) in [5.74, 6) is -20.3. The molecular formula is C77H136N34O17S2. The van der Waals surface area contributed by atoms with Crippen LogP contribution in [0.5, 0.6) is 0 Å². The van der Waals surface area contributed by atoms with Crippen molar-refractivity contribution in [1.29, 1.82) is 32.5 Å². The number of primary amides is 1. The van der Waals surface area contributed by atoms with Crippen LogP contribution in [-0.2, 0) is 83.1 Å². The van der Waals surface area contributed by atoms with Gasteiger partial charge in [-0.3, -0.25) is 109 Å². The van der Waals surface area contributed by atoms with Crippen LogP contribution >= 0.6 is 21.6 Å². The summed E-state index contributed by atoms with van der Waals surface area (Å²) in [5.41, 5.74) is 45.4. The average molecular weight is 1870 g/mol. The molecule has 51 nitrogen and oxygen atoms in total. The van der Waals surface area contributed by atoms with Gasteiger partial charge >= 0.3 is 5.97 Å². The van der Waals surface area contributed by atoms with E-state index in [4.69, 9.17) is 78.3 Å². The van der Waals surface area contributed by atoms with E-state index in [2.05, 4.69) is 106 Å². The molecule has 3 unspecified atom stereocenters. The number of carbonyl (C=O) groups excluding carboxylic acids is 15. The smallest absolute Gasteiger partial charge is 0.305 e. The Balaban J connectivity index is 2.73. The molecule has 1 fully saturated rings. The summed E-state index contributed by atoms with van der Waals surface area (Å²) in [6.07, 6.45) is -1.45. The average Bonchev–Trinajstić information content (AvgIpc) is 0.848. The van der Waals surface area contributed by atoms with Gasteiger partial charge in [0.05, 0.1) is 25.6 Å². The van der Waals surface area contributed by atoms with Crippen LogP contribution in [0.3, 0.4) is 0 Å². The first-order chi connectivity index (χ1) is 61.3. The maximum Gasteiger partial charge on any atom is 0.305 e. The van der Waals surface area contributed by atoms with Gasteiger partial charge in [-0.1, -0.05) is 99.9 Å². The number of guanidine groups is 6. The minimum Gasteiger partial charge on any atom is -0.481 e. The number of carboxylic acid groups (broad SMARTS) is 1. The Morgan fingerprint density at radius 1 is 0.438 bits per heavy atom. The maximum atomic E-state index is 15.1. The standard InChI is InChI=1S/C77H136N34O17S2/c1-7-41(6)58(71(128)99-36-55(112)100-46(21-13-27-94-74(84)85)62(119)102-44(59(79)116)19-11-25-92-72(80)81)111-65(122)49(24-16-30-97-77(90)91)105-67(124)51(32-40(4)5)107-63(120)47(22-14-28-95-75(86)87)104-66(123)50(31-39(2)3)108-64(121)48(23-15-29-96-76(88)89)106-70(127)54-38-130-129-37-43(78)60(117)103-45(20-12-26-93-73(82)83)61(118)98-35-56(113)101-53(34-57(114)115)69(126)109-52(68(125)110-54)33-42-17-9-8-10-18-42/h8-10,17-18,39-41,43-54,58H,7,11-16,19-38,78H2,1-6H3,(H2,79,116)(H,98,118)(H,99,128)(H,100,112)(H,101,113)(H,102,119)(H,103,117)(H,104,123)(H,105,124)(H,106,127)(H,107,120)(H,108,121)(H,109,126)(H,110,125)(H,111,122)(H,114,115)(H4,80,81,92)(H4,82,83,93)(H4,84,85,94)(H4,86,87,95)(H4,88,89,96)(H4,90,91,97)/t41-,43-,44-,45?,46-,47-,48-,49-,50-,51-,52?,53-,54?,58-/m0/s1. The Labute approximate surface area is 761 Å². The number of nitrogens with two attached hydrogens (primary N) is 8. The molecule has 53 heteroatoms. The fourth-order valence-corrected chi connectivity index (χ4v) is 14.9. The fourth-order valence-electron chi connectivity index (χ4n) is 12.6. The SMILES string of the molecule is CC[C@H](C)[C@H](NC(=O)[C@H](CCCNC(=N)N)NC(=O)[C@H](CC(C)C)NC(=O)[C@H](CCCNC(=N)N)NC(=O)[C@H](CC(C)C)NC(=O)[C@H](CCCNC(=N)N)NC(=O)C1CSSC[C@H](N)C(=O)NC(CCCNC(=N)N)C(=O)NCC(=O)N[C@@H](CC(=O)O)C(=O)NC(Cc2ccccc2)C(=O)N1)C(=O)NCC(=O)N[C@@H](CCCNC(=N)N)C(=O)N[C@@H](CCCNC(=N)N)C(N)=O. The van der Waals surface area contributed by atoms with Crippen LogP contribution in [0.4, 0.5) is 0 Å². The molecule has 14 atom stereocenters. The Morgan fingerprint density at radius 2 is 0.823 bits per heavy atom. The molecule has 0 radical (unpaired) electrons. The van der Waals surface area contributed by atoms with Crippen LogP contribution in [0.15, 0.2) is 30.3 Å². The predicted octanol–water partition coefficient (Wildman–Crippen LogP) is -9.32. The van der Waals surface area contributed by atoms with E-state index in [1.165, 1.54) is 0 Å². The van der Waals surface area contributed by atoms with Gasteiger partial charge in [-0.05, 0) is 113 Å². The van der Waals surface area contributed by atoms with Crippen molar-refractivity contribution >= 4 is 152 Å². The number of amides is 15. The maximum absolute atomic E-state index is 15.1. The molecular weight excluding hydrogens is 1740 g/mol. The van der Waals surface area contributed by atoms with Gasteiger partial charge in [-0.2, -0.15) is 0 Å². The van der Waals surface area contributed by atoms with Crippen molar-refractivity contribution in [2.45, 2.75) is 229 Å². The monoisotopic (exact) mass is 1870 g/mol. The minimum atomic E-state index is -1.89. The Kier molecular flexibility index (Phi) is 53.5. The second-order valence-electron chi connectivity index (χ2n) is 31.6. The highest BCUT2D eigenvalue weighted by atomic mass is 33.1. The number of carboxylic acids is 1. The number of benzene rings is 1. The first kappa shape index (κ1) is 113. The molecule has 130 heavy (non-hydrogen) atoms. The molecule has 1 aliphatic rings. The molecule has 15 amide bonds. The van der Waals surface area contributed by atoms with Gasteiger partial charge in [0.15, 0.2) is 35.8 Å². The van der Waals surface area contributed by atoms with Crippen LogP contribution in [0, 0.1) is 50.2 Å². The molecule has 0 aromatic heterocycles. The van der Waals surface area contributed by atoms with Crippen molar-refractivity contribution in [3.63, 3.8) is 0 Å². The van der Waals surface area contributed by atoms with Crippen molar-refractivity contribution in [3.8, 4) is 0 Å². The van der Waals surface area contributed by atoms with E-state index in [9.17, 15) is 67.4 Å². The summed E-state index contributed by atoms with van der Waals surface area (Å²) < 4.78 is 0. The number of rotatable bonds is 53. The van der Waals surface area contributed by atoms with Crippen molar-refractivity contribution in [2.24, 2.45) is 63.6 Å². The molecule has 728 valence electrons. The zero-order valence-corrected chi connectivity index (χ0v) is 75.8. The first-order valence-electron chi connectivity index (χ1n) is 42.5. The van der Waals surface area contributed by atoms with Crippen LogP contribution in [0.25, 0.3) is 0 Å².